The summed E-state index contributed by atoms with van der Waals surface area (Å²) in [5.74, 6) is 5.08. The Morgan fingerprint density at radius 3 is 2.62 bits per heavy atom. The predicted octanol–water partition coefficient (Wildman–Crippen LogP) is 4.96. The van der Waals surface area contributed by atoms with Crippen LogP contribution in [0.2, 0.25) is 0 Å². The Kier molecular flexibility index (Phi) is 2.61. The van der Waals surface area contributed by atoms with E-state index in [1.54, 1.807) is 5.57 Å². The minimum absolute atomic E-state index is 0.374. The summed E-state index contributed by atoms with van der Waals surface area (Å²) in [6.07, 6.45) is 12.9. The molecule has 0 bridgehead atoms. The molecule has 1 heteroatoms. The molecule has 5 aliphatic rings. The Bertz CT molecular complexity index is 476. The fourth-order valence-corrected chi connectivity index (χ4v) is 7.22. The van der Waals surface area contributed by atoms with Gasteiger partial charge in [-0.1, -0.05) is 19.1 Å². The second kappa shape index (κ2) is 4.16. The zero-order valence-corrected chi connectivity index (χ0v) is 13.6. The summed E-state index contributed by atoms with van der Waals surface area (Å²) in [5, 5.41) is 0. The predicted molar refractivity (Wildman–Crippen MR) is 84.9 cm³/mol. The van der Waals surface area contributed by atoms with Crippen molar-refractivity contribution in [2.75, 3.05) is 6.61 Å². The monoisotopic (exact) mass is 286 g/mol. The minimum atomic E-state index is 0.374. The molecule has 0 radical (unpaired) electrons. The zero-order chi connectivity index (χ0) is 14.2. The van der Waals surface area contributed by atoms with E-state index < -0.39 is 0 Å². The maximum atomic E-state index is 5.81. The summed E-state index contributed by atoms with van der Waals surface area (Å²) in [7, 11) is 0. The van der Waals surface area contributed by atoms with Crippen molar-refractivity contribution in [1.29, 1.82) is 0 Å². The molecule has 1 spiro atoms. The Balaban J connectivity index is 1.40. The Labute approximate surface area is 129 Å². The first-order valence-electron chi connectivity index (χ1n) is 9.44. The highest BCUT2D eigenvalue weighted by Gasteiger charge is 2.58. The van der Waals surface area contributed by atoms with Gasteiger partial charge in [0.2, 0.25) is 0 Å². The molecule has 0 aromatic heterocycles. The first-order valence-corrected chi connectivity index (χ1v) is 9.44. The second-order valence-corrected chi connectivity index (χ2v) is 9.25. The van der Waals surface area contributed by atoms with Gasteiger partial charge in [0.25, 0.3) is 0 Å². The molecule has 4 aliphatic carbocycles. The molecule has 7 atom stereocenters. The van der Waals surface area contributed by atoms with Crippen LogP contribution in [0.3, 0.4) is 0 Å². The molecule has 1 aliphatic heterocycles. The Morgan fingerprint density at radius 2 is 1.81 bits per heavy atom. The normalized spacial score (nSPS) is 58.5. The van der Waals surface area contributed by atoms with E-state index in [4.69, 9.17) is 4.74 Å². The zero-order valence-electron chi connectivity index (χ0n) is 13.6. The SMILES string of the molecule is C=C1CCC2C3CCC4CC5(CCC4C3CCC12C)CO5. The lowest BCUT2D eigenvalue weighted by atomic mass is 9.50. The summed E-state index contributed by atoms with van der Waals surface area (Å²) >= 11 is 0. The topological polar surface area (TPSA) is 12.5 Å². The van der Waals surface area contributed by atoms with Gasteiger partial charge in [0.1, 0.15) is 0 Å². The van der Waals surface area contributed by atoms with Crippen molar-refractivity contribution in [3.63, 3.8) is 0 Å². The second-order valence-electron chi connectivity index (χ2n) is 9.25. The number of fused-ring (bicyclic) bond motifs is 5. The van der Waals surface area contributed by atoms with Crippen LogP contribution in [0.4, 0.5) is 0 Å². The van der Waals surface area contributed by atoms with Gasteiger partial charge in [-0.15, -0.1) is 0 Å². The minimum Gasteiger partial charge on any atom is -0.370 e. The first kappa shape index (κ1) is 13.2. The number of ether oxygens (including phenoxy) is 1. The van der Waals surface area contributed by atoms with E-state index in [9.17, 15) is 0 Å². The van der Waals surface area contributed by atoms with Crippen LogP contribution in [-0.4, -0.2) is 12.2 Å². The highest BCUT2D eigenvalue weighted by molar-refractivity contribution is 5.20. The third kappa shape index (κ3) is 1.73. The molecular weight excluding hydrogens is 256 g/mol. The van der Waals surface area contributed by atoms with Crippen molar-refractivity contribution < 1.29 is 4.74 Å². The molecule has 0 aromatic carbocycles. The van der Waals surface area contributed by atoms with Gasteiger partial charge in [-0.2, -0.15) is 0 Å². The van der Waals surface area contributed by atoms with Crippen LogP contribution in [0.1, 0.15) is 64.7 Å². The molecule has 116 valence electrons. The van der Waals surface area contributed by atoms with Gasteiger partial charge < -0.3 is 4.74 Å². The van der Waals surface area contributed by atoms with Crippen molar-refractivity contribution in [3.05, 3.63) is 12.2 Å². The molecule has 0 amide bonds. The quantitative estimate of drug-likeness (QED) is 0.453. The van der Waals surface area contributed by atoms with E-state index in [0.29, 0.717) is 11.0 Å². The standard InChI is InChI=1S/C20H30O/c1-13-3-6-18-17-5-4-14-11-20(12-21-20)10-8-15(14)16(17)7-9-19(13,18)2/h14-18H,1,3-12H2,2H3. The molecule has 1 saturated heterocycles. The van der Waals surface area contributed by atoms with Crippen molar-refractivity contribution in [1.82, 2.24) is 0 Å². The Hall–Kier alpha value is -0.300. The van der Waals surface area contributed by atoms with E-state index in [0.717, 1.165) is 36.2 Å². The van der Waals surface area contributed by atoms with Crippen LogP contribution in [-0.2, 0) is 4.74 Å². The highest BCUT2D eigenvalue weighted by Crippen LogP contribution is 2.64. The third-order valence-electron chi connectivity index (χ3n) is 8.59. The van der Waals surface area contributed by atoms with Gasteiger partial charge in [0.15, 0.2) is 0 Å². The third-order valence-corrected chi connectivity index (χ3v) is 8.59. The molecule has 0 aromatic rings. The molecule has 0 N–H and O–H groups in total. The summed E-state index contributed by atoms with van der Waals surface area (Å²) in [6, 6.07) is 0. The van der Waals surface area contributed by atoms with Crippen LogP contribution in [0, 0.1) is 35.0 Å². The van der Waals surface area contributed by atoms with Crippen molar-refractivity contribution in [2.24, 2.45) is 35.0 Å². The van der Waals surface area contributed by atoms with Gasteiger partial charge >= 0.3 is 0 Å². The molecule has 5 rings (SSSR count). The molecule has 7 unspecified atom stereocenters. The number of rotatable bonds is 0. The molecule has 4 saturated carbocycles. The summed E-state index contributed by atoms with van der Waals surface area (Å²) in [5.41, 5.74) is 2.46. The van der Waals surface area contributed by atoms with Crippen molar-refractivity contribution in [3.8, 4) is 0 Å². The maximum absolute atomic E-state index is 5.81. The number of allylic oxidation sites excluding steroid dienone is 1. The summed E-state index contributed by atoms with van der Waals surface area (Å²) in [4.78, 5) is 0. The van der Waals surface area contributed by atoms with Crippen molar-refractivity contribution in [2.45, 2.75) is 70.3 Å². The van der Waals surface area contributed by atoms with Gasteiger partial charge in [0, 0.05) is 0 Å². The average Bonchev–Trinajstić information content (AvgIpc) is 3.16. The van der Waals surface area contributed by atoms with E-state index >= 15 is 0 Å². The van der Waals surface area contributed by atoms with E-state index in [1.807, 2.05) is 0 Å². The average molecular weight is 286 g/mol. The Morgan fingerprint density at radius 1 is 1.00 bits per heavy atom. The van der Waals surface area contributed by atoms with Crippen LogP contribution >= 0.6 is 0 Å². The lowest BCUT2D eigenvalue weighted by Gasteiger charge is -2.55. The van der Waals surface area contributed by atoms with E-state index in [1.165, 1.54) is 57.8 Å². The van der Waals surface area contributed by atoms with E-state index in [-0.39, 0.29) is 0 Å². The number of epoxide rings is 1. The van der Waals surface area contributed by atoms with E-state index in [2.05, 4.69) is 13.5 Å². The van der Waals surface area contributed by atoms with Gasteiger partial charge in [-0.3, -0.25) is 0 Å². The molecule has 5 fully saturated rings. The number of hydrogen-bond donors (Lipinski definition) is 0. The molecule has 21 heavy (non-hydrogen) atoms. The lowest BCUT2D eigenvalue weighted by Crippen LogP contribution is -2.48. The van der Waals surface area contributed by atoms with Crippen LogP contribution in [0.5, 0.6) is 0 Å². The van der Waals surface area contributed by atoms with Gasteiger partial charge in [0.05, 0.1) is 12.2 Å². The fourth-order valence-electron chi connectivity index (χ4n) is 7.22. The smallest absolute Gasteiger partial charge is 0.0919 e. The molecule has 1 nitrogen and oxygen atoms in total. The first-order chi connectivity index (χ1) is 10.1. The van der Waals surface area contributed by atoms with Crippen molar-refractivity contribution >= 4 is 0 Å². The lowest BCUT2D eigenvalue weighted by molar-refractivity contribution is -0.0517. The number of hydrogen-bond acceptors (Lipinski definition) is 1. The summed E-state index contributed by atoms with van der Waals surface area (Å²) < 4.78 is 5.81. The van der Waals surface area contributed by atoms with Gasteiger partial charge in [-0.25, -0.2) is 0 Å². The molecule has 1 heterocycles. The van der Waals surface area contributed by atoms with Crippen LogP contribution in [0.25, 0.3) is 0 Å². The molecular formula is C20H30O. The van der Waals surface area contributed by atoms with Crippen LogP contribution in [0.15, 0.2) is 12.2 Å². The fraction of sp³-hybridized carbons (Fsp3) is 0.900. The van der Waals surface area contributed by atoms with Crippen LogP contribution < -0.4 is 0 Å². The summed E-state index contributed by atoms with van der Waals surface area (Å²) in [6.45, 7) is 8.06. The highest BCUT2D eigenvalue weighted by atomic mass is 16.6. The van der Waals surface area contributed by atoms with Gasteiger partial charge in [-0.05, 0) is 92.8 Å². The largest absolute Gasteiger partial charge is 0.370 e. The maximum Gasteiger partial charge on any atom is 0.0919 e.